The molecule has 1 fully saturated rings. The zero-order valence-electron chi connectivity index (χ0n) is 12.1. The van der Waals surface area contributed by atoms with Gasteiger partial charge in [-0.15, -0.1) is 0 Å². The molecule has 0 unspecified atom stereocenters. The molecule has 0 spiro atoms. The van der Waals surface area contributed by atoms with Gasteiger partial charge in [-0.1, -0.05) is 38.7 Å². The lowest BCUT2D eigenvalue weighted by Crippen LogP contribution is -2.36. The molecule has 0 N–H and O–H groups in total. The minimum Gasteiger partial charge on any atom is -0.378 e. The fourth-order valence-electron chi connectivity index (χ4n) is 2.48. The SMILES string of the molecule is CCCCCCCc1cccc(N2CCOCC2)n1. The zero-order valence-corrected chi connectivity index (χ0v) is 12.1. The van der Waals surface area contributed by atoms with Crippen LogP contribution in [0.4, 0.5) is 5.82 Å². The molecule has 1 aromatic rings. The van der Waals surface area contributed by atoms with E-state index in [1.807, 2.05) is 0 Å². The first-order valence-electron chi connectivity index (χ1n) is 7.69. The van der Waals surface area contributed by atoms with Crippen molar-refractivity contribution in [2.45, 2.75) is 45.4 Å². The second-order valence-corrected chi connectivity index (χ2v) is 5.25. The van der Waals surface area contributed by atoms with Crippen molar-refractivity contribution < 1.29 is 4.74 Å². The van der Waals surface area contributed by atoms with Gasteiger partial charge in [0.1, 0.15) is 5.82 Å². The molecule has 2 heterocycles. The summed E-state index contributed by atoms with van der Waals surface area (Å²) in [5, 5.41) is 0. The third-order valence-corrected chi connectivity index (χ3v) is 3.66. The maximum absolute atomic E-state index is 5.38. The van der Waals surface area contributed by atoms with Gasteiger partial charge < -0.3 is 9.64 Å². The number of ether oxygens (including phenoxy) is 1. The van der Waals surface area contributed by atoms with E-state index in [0.29, 0.717) is 0 Å². The molecule has 1 aliphatic rings. The molecule has 3 nitrogen and oxygen atoms in total. The number of hydrogen-bond donors (Lipinski definition) is 0. The number of rotatable bonds is 7. The fourth-order valence-corrected chi connectivity index (χ4v) is 2.48. The van der Waals surface area contributed by atoms with Gasteiger partial charge in [0.2, 0.25) is 0 Å². The van der Waals surface area contributed by atoms with Gasteiger partial charge in [0, 0.05) is 18.8 Å². The van der Waals surface area contributed by atoms with Crippen LogP contribution in [0.2, 0.25) is 0 Å². The Hall–Kier alpha value is -1.09. The van der Waals surface area contributed by atoms with Gasteiger partial charge in [0.05, 0.1) is 13.2 Å². The highest BCUT2D eigenvalue weighted by Crippen LogP contribution is 2.15. The number of anilines is 1. The average Bonchev–Trinajstić information content (AvgIpc) is 2.48. The summed E-state index contributed by atoms with van der Waals surface area (Å²) in [6.07, 6.45) is 7.74. The lowest BCUT2D eigenvalue weighted by atomic mass is 10.1. The quantitative estimate of drug-likeness (QED) is 0.704. The maximum Gasteiger partial charge on any atom is 0.128 e. The summed E-state index contributed by atoms with van der Waals surface area (Å²) in [7, 11) is 0. The van der Waals surface area contributed by atoms with Gasteiger partial charge in [0.25, 0.3) is 0 Å². The van der Waals surface area contributed by atoms with E-state index in [9.17, 15) is 0 Å². The summed E-state index contributed by atoms with van der Waals surface area (Å²) in [4.78, 5) is 7.11. The van der Waals surface area contributed by atoms with Crippen molar-refractivity contribution in [2.24, 2.45) is 0 Å². The van der Waals surface area contributed by atoms with Crippen LogP contribution in [-0.4, -0.2) is 31.3 Å². The van der Waals surface area contributed by atoms with Crippen molar-refractivity contribution in [3.8, 4) is 0 Å². The van der Waals surface area contributed by atoms with Crippen LogP contribution in [0, 0.1) is 0 Å². The van der Waals surface area contributed by atoms with E-state index in [4.69, 9.17) is 9.72 Å². The molecule has 0 amide bonds. The number of morpholine rings is 1. The van der Waals surface area contributed by atoms with E-state index in [2.05, 4.69) is 30.0 Å². The second kappa shape index (κ2) is 8.16. The van der Waals surface area contributed by atoms with Gasteiger partial charge in [-0.05, 0) is 25.0 Å². The van der Waals surface area contributed by atoms with Crippen molar-refractivity contribution in [3.05, 3.63) is 23.9 Å². The van der Waals surface area contributed by atoms with Gasteiger partial charge in [-0.2, -0.15) is 0 Å². The molecule has 3 heteroatoms. The summed E-state index contributed by atoms with van der Waals surface area (Å²) in [6, 6.07) is 6.41. The van der Waals surface area contributed by atoms with Crippen molar-refractivity contribution in [3.63, 3.8) is 0 Å². The standard InChI is InChI=1S/C16H26N2O/c1-2-3-4-5-6-8-15-9-7-10-16(17-15)18-11-13-19-14-12-18/h7,9-10H,2-6,8,11-14H2,1H3. The Labute approximate surface area is 117 Å². The molecule has 2 rings (SSSR count). The van der Waals surface area contributed by atoms with Crippen LogP contribution in [0.3, 0.4) is 0 Å². The third-order valence-electron chi connectivity index (χ3n) is 3.66. The minimum atomic E-state index is 0.822. The van der Waals surface area contributed by atoms with Crippen LogP contribution < -0.4 is 4.90 Å². The molecule has 0 atom stereocenters. The van der Waals surface area contributed by atoms with E-state index in [1.54, 1.807) is 0 Å². The summed E-state index contributed by atoms with van der Waals surface area (Å²) in [5.74, 6) is 1.12. The number of nitrogens with zero attached hydrogens (tertiary/aromatic N) is 2. The second-order valence-electron chi connectivity index (χ2n) is 5.25. The van der Waals surface area contributed by atoms with E-state index >= 15 is 0 Å². The largest absolute Gasteiger partial charge is 0.378 e. The van der Waals surface area contributed by atoms with Crippen molar-refractivity contribution in [1.29, 1.82) is 0 Å². The average molecular weight is 262 g/mol. The van der Waals surface area contributed by atoms with Crippen LogP contribution >= 0.6 is 0 Å². The lowest BCUT2D eigenvalue weighted by Gasteiger charge is -2.28. The minimum absolute atomic E-state index is 0.822. The predicted molar refractivity (Wildman–Crippen MR) is 79.7 cm³/mol. The highest BCUT2D eigenvalue weighted by atomic mass is 16.5. The smallest absolute Gasteiger partial charge is 0.128 e. The summed E-state index contributed by atoms with van der Waals surface area (Å²) >= 11 is 0. The van der Waals surface area contributed by atoms with Gasteiger partial charge in [-0.25, -0.2) is 4.98 Å². The highest BCUT2D eigenvalue weighted by molar-refractivity contribution is 5.39. The predicted octanol–water partition coefficient (Wildman–Crippen LogP) is 3.43. The number of aryl methyl sites for hydroxylation is 1. The van der Waals surface area contributed by atoms with Crippen molar-refractivity contribution in [2.75, 3.05) is 31.2 Å². The maximum atomic E-state index is 5.38. The van der Waals surface area contributed by atoms with E-state index < -0.39 is 0 Å². The first-order valence-corrected chi connectivity index (χ1v) is 7.69. The molecular weight excluding hydrogens is 236 g/mol. The summed E-state index contributed by atoms with van der Waals surface area (Å²) < 4.78 is 5.38. The molecule has 19 heavy (non-hydrogen) atoms. The molecule has 1 saturated heterocycles. The topological polar surface area (TPSA) is 25.4 Å². The van der Waals surface area contributed by atoms with Crippen LogP contribution in [0.1, 0.15) is 44.7 Å². The Kier molecular flexibility index (Phi) is 6.15. The molecule has 0 aromatic carbocycles. The molecular formula is C16H26N2O. The molecule has 1 aromatic heterocycles. The lowest BCUT2D eigenvalue weighted by molar-refractivity contribution is 0.122. The Morgan fingerprint density at radius 3 is 2.68 bits per heavy atom. The normalized spacial score (nSPS) is 15.7. The Balaban J connectivity index is 1.81. The molecule has 0 bridgehead atoms. The van der Waals surface area contributed by atoms with Crippen molar-refractivity contribution >= 4 is 5.82 Å². The Morgan fingerprint density at radius 2 is 1.89 bits per heavy atom. The van der Waals surface area contributed by atoms with Gasteiger partial charge in [-0.3, -0.25) is 0 Å². The summed E-state index contributed by atoms with van der Waals surface area (Å²) in [6.45, 7) is 5.83. The first kappa shape index (κ1) is 14.3. The van der Waals surface area contributed by atoms with Gasteiger partial charge >= 0.3 is 0 Å². The molecule has 1 aliphatic heterocycles. The van der Waals surface area contributed by atoms with Gasteiger partial charge in [0.15, 0.2) is 0 Å². The first-order chi connectivity index (χ1) is 9.40. The third kappa shape index (κ3) is 4.83. The number of unbranched alkanes of at least 4 members (excludes halogenated alkanes) is 4. The zero-order chi connectivity index (χ0) is 13.3. The van der Waals surface area contributed by atoms with Crippen LogP contribution in [0.15, 0.2) is 18.2 Å². The monoisotopic (exact) mass is 262 g/mol. The van der Waals surface area contributed by atoms with Crippen LogP contribution in [0.5, 0.6) is 0 Å². The number of aromatic nitrogens is 1. The Bertz CT molecular complexity index is 362. The Morgan fingerprint density at radius 1 is 1.11 bits per heavy atom. The van der Waals surface area contributed by atoms with E-state index in [1.165, 1.54) is 37.8 Å². The highest BCUT2D eigenvalue weighted by Gasteiger charge is 2.12. The summed E-state index contributed by atoms with van der Waals surface area (Å²) in [5.41, 5.74) is 1.24. The van der Waals surface area contributed by atoms with Crippen LogP contribution in [-0.2, 0) is 11.2 Å². The molecule has 0 radical (unpaired) electrons. The van der Waals surface area contributed by atoms with E-state index in [-0.39, 0.29) is 0 Å². The fraction of sp³-hybridized carbons (Fsp3) is 0.688. The number of pyridine rings is 1. The van der Waals surface area contributed by atoms with E-state index in [0.717, 1.165) is 38.5 Å². The van der Waals surface area contributed by atoms with Crippen molar-refractivity contribution in [1.82, 2.24) is 4.98 Å². The molecule has 0 saturated carbocycles. The van der Waals surface area contributed by atoms with Crippen LogP contribution in [0.25, 0.3) is 0 Å². The molecule has 106 valence electrons. The molecule has 0 aliphatic carbocycles. The number of hydrogen-bond acceptors (Lipinski definition) is 3.